The zero-order valence-corrected chi connectivity index (χ0v) is 6.22. The van der Waals surface area contributed by atoms with Crippen molar-refractivity contribution in [1.82, 2.24) is 15.8 Å². The van der Waals surface area contributed by atoms with Crippen LogP contribution < -0.4 is 10.7 Å². The van der Waals surface area contributed by atoms with Crippen molar-refractivity contribution in [2.45, 2.75) is 0 Å². The summed E-state index contributed by atoms with van der Waals surface area (Å²) in [6, 6.07) is -0.306. The topological polar surface area (TPSA) is 64.6 Å². The lowest BCUT2D eigenvalue weighted by Crippen LogP contribution is -2.44. The molecule has 10 heavy (non-hydrogen) atoms. The Morgan fingerprint density at radius 1 is 1.60 bits per heavy atom. The normalized spacial score (nSPS) is 9.60. The molecule has 0 aliphatic rings. The number of carbonyl (C=O) groups is 1. The summed E-state index contributed by atoms with van der Waals surface area (Å²) in [5.74, 6) is 0. The first-order chi connectivity index (χ1) is 4.66. The Bertz CT molecular complexity index is 105. The molecule has 0 aliphatic carbocycles. The summed E-state index contributed by atoms with van der Waals surface area (Å²) >= 11 is 0. The average molecular weight is 147 g/mol. The van der Waals surface area contributed by atoms with Crippen LogP contribution in [-0.2, 0) is 0 Å². The maximum absolute atomic E-state index is 10.6. The van der Waals surface area contributed by atoms with E-state index in [1.165, 1.54) is 5.01 Å². The van der Waals surface area contributed by atoms with Crippen LogP contribution in [0.4, 0.5) is 4.79 Å². The van der Waals surface area contributed by atoms with E-state index in [0.29, 0.717) is 0 Å². The second-order valence-electron chi connectivity index (χ2n) is 1.99. The minimum atomic E-state index is -0.306. The number of urea groups is 1. The molecule has 0 rings (SSSR count). The first kappa shape index (κ1) is 9.19. The summed E-state index contributed by atoms with van der Waals surface area (Å²) in [6.45, 7) is 0.237. The van der Waals surface area contributed by atoms with E-state index in [9.17, 15) is 4.79 Å². The molecular weight excluding hydrogens is 134 g/mol. The summed E-state index contributed by atoms with van der Waals surface area (Å²) < 4.78 is 0. The Morgan fingerprint density at radius 3 is 2.60 bits per heavy atom. The number of hydrogen-bond acceptors (Lipinski definition) is 3. The van der Waals surface area contributed by atoms with E-state index in [-0.39, 0.29) is 19.2 Å². The van der Waals surface area contributed by atoms with E-state index in [1.807, 2.05) is 0 Å². The molecule has 0 saturated carbocycles. The molecule has 0 aromatic heterocycles. The summed E-state index contributed by atoms with van der Waals surface area (Å²) in [5, 5.41) is 12.2. The van der Waals surface area contributed by atoms with Crippen LogP contribution >= 0.6 is 0 Å². The molecule has 0 spiro atoms. The van der Waals surface area contributed by atoms with E-state index in [2.05, 4.69) is 10.7 Å². The molecule has 0 bridgehead atoms. The number of hydrazine groups is 1. The highest BCUT2D eigenvalue weighted by Gasteiger charge is 1.96. The van der Waals surface area contributed by atoms with Gasteiger partial charge in [-0.25, -0.2) is 9.80 Å². The van der Waals surface area contributed by atoms with Gasteiger partial charge in [-0.3, -0.25) is 5.43 Å². The average Bonchev–Trinajstić information content (AvgIpc) is 1.82. The number of nitrogens with one attached hydrogen (secondary N) is 2. The van der Waals surface area contributed by atoms with E-state index < -0.39 is 0 Å². The Labute approximate surface area is 60.0 Å². The summed E-state index contributed by atoms with van der Waals surface area (Å²) in [7, 11) is 3.41. The van der Waals surface area contributed by atoms with Crippen molar-refractivity contribution in [3.05, 3.63) is 0 Å². The smallest absolute Gasteiger partial charge is 0.329 e. The van der Waals surface area contributed by atoms with Crippen molar-refractivity contribution < 1.29 is 9.90 Å². The maximum Gasteiger partial charge on any atom is 0.329 e. The molecule has 5 heteroatoms. The van der Waals surface area contributed by atoms with Gasteiger partial charge in [-0.1, -0.05) is 0 Å². The highest BCUT2D eigenvalue weighted by atomic mass is 16.3. The number of rotatable bonds is 3. The Kier molecular flexibility index (Phi) is 4.61. The number of nitrogens with zero attached hydrogens (tertiary/aromatic N) is 1. The number of carbonyl (C=O) groups excluding carboxylic acids is 1. The fraction of sp³-hybridized carbons (Fsp3) is 0.800. The fourth-order valence-electron chi connectivity index (χ4n) is 0.412. The van der Waals surface area contributed by atoms with E-state index in [4.69, 9.17) is 5.11 Å². The predicted octanol–water partition coefficient (Wildman–Crippen LogP) is -1.25. The van der Waals surface area contributed by atoms with Crippen molar-refractivity contribution >= 4 is 6.03 Å². The van der Waals surface area contributed by atoms with E-state index in [1.54, 1.807) is 14.1 Å². The van der Waals surface area contributed by atoms with Gasteiger partial charge in [-0.15, -0.1) is 0 Å². The Morgan fingerprint density at radius 2 is 2.20 bits per heavy atom. The van der Waals surface area contributed by atoms with Crippen LogP contribution in [0, 0.1) is 0 Å². The second kappa shape index (κ2) is 5.01. The maximum atomic E-state index is 10.6. The Balaban J connectivity index is 3.26. The van der Waals surface area contributed by atoms with Gasteiger partial charge in [0.15, 0.2) is 0 Å². The first-order valence-corrected chi connectivity index (χ1v) is 2.99. The van der Waals surface area contributed by atoms with Crippen molar-refractivity contribution in [2.24, 2.45) is 0 Å². The molecule has 0 heterocycles. The van der Waals surface area contributed by atoms with Gasteiger partial charge >= 0.3 is 6.03 Å². The van der Waals surface area contributed by atoms with E-state index >= 15 is 0 Å². The minimum absolute atomic E-state index is 0.0408. The van der Waals surface area contributed by atoms with Crippen LogP contribution in [-0.4, -0.2) is 43.4 Å². The summed E-state index contributed by atoms with van der Waals surface area (Å²) in [5.41, 5.74) is 2.45. The standard InChI is InChI=1S/C5H13N3O2/c1-8(2)7-5(10)6-3-4-9/h9H,3-4H2,1-2H3,(H2,6,7,10). The van der Waals surface area contributed by atoms with Gasteiger partial charge in [-0.2, -0.15) is 0 Å². The van der Waals surface area contributed by atoms with Gasteiger partial charge in [0.1, 0.15) is 0 Å². The molecule has 60 valence electrons. The van der Waals surface area contributed by atoms with E-state index in [0.717, 1.165) is 0 Å². The third-order valence-electron chi connectivity index (χ3n) is 0.723. The molecule has 5 nitrogen and oxygen atoms in total. The lowest BCUT2D eigenvalue weighted by atomic mass is 10.7. The fourth-order valence-corrected chi connectivity index (χ4v) is 0.412. The van der Waals surface area contributed by atoms with Crippen molar-refractivity contribution in [3.63, 3.8) is 0 Å². The molecule has 0 aliphatic heterocycles. The van der Waals surface area contributed by atoms with Crippen LogP contribution in [0.2, 0.25) is 0 Å². The third-order valence-corrected chi connectivity index (χ3v) is 0.723. The number of aliphatic hydroxyl groups is 1. The molecule has 0 atom stereocenters. The Hall–Kier alpha value is -0.810. The molecule has 0 radical (unpaired) electrons. The third kappa shape index (κ3) is 5.33. The molecule has 0 aromatic carbocycles. The molecule has 0 fully saturated rings. The monoisotopic (exact) mass is 147 g/mol. The van der Waals surface area contributed by atoms with Crippen molar-refractivity contribution in [1.29, 1.82) is 0 Å². The van der Waals surface area contributed by atoms with Crippen LogP contribution in [0.3, 0.4) is 0 Å². The van der Waals surface area contributed by atoms with Gasteiger partial charge in [0.25, 0.3) is 0 Å². The van der Waals surface area contributed by atoms with Gasteiger partial charge in [0, 0.05) is 20.6 Å². The van der Waals surface area contributed by atoms with Gasteiger partial charge < -0.3 is 10.4 Å². The zero-order chi connectivity index (χ0) is 7.98. The summed E-state index contributed by atoms with van der Waals surface area (Å²) in [4.78, 5) is 10.6. The van der Waals surface area contributed by atoms with Crippen LogP contribution in [0.15, 0.2) is 0 Å². The van der Waals surface area contributed by atoms with Crippen LogP contribution in [0.5, 0.6) is 0 Å². The second-order valence-corrected chi connectivity index (χ2v) is 1.99. The number of amides is 2. The first-order valence-electron chi connectivity index (χ1n) is 2.99. The molecular formula is C5H13N3O2. The SMILES string of the molecule is CN(C)NC(=O)NCCO. The van der Waals surface area contributed by atoms with Gasteiger partial charge in [-0.05, 0) is 0 Å². The lowest BCUT2D eigenvalue weighted by Gasteiger charge is -2.11. The highest BCUT2D eigenvalue weighted by molar-refractivity contribution is 5.73. The lowest BCUT2D eigenvalue weighted by molar-refractivity contribution is 0.208. The van der Waals surface area contributed by atoms with Gasteiger partial charge in [0.05, 0.1) is 6.61 Å². The molecule has 0 saturated heterocycles. The van der Waals surface area contributed by atoms with Crippen molar-refractivity contribution in [2.75, 3.05) is 27.2 Å². The number of hydrogen-bond donors (Lipinski definition) is 3. The van der Waals surface area contributed by atoms with Crippen molar-refractivity contribution in [3.8, 4) is 0 Å². The van der Waals surface area contributed by atoms with Crippen LogP contribution in [0.25, 0.3) is 0 Å². The zero-order valence-electron chi connectivity index (χ0n) is 6.22. The number of aliphatic hydroxyl groups excluding tert-OH is 1. The molecule has 3 N–H and O–H groups in total. The van der Waals surface area contributed by atoms with Crippen LogP contribution in [0.1, 0.15) is 0 Å². The summed E-state index contributed by atoms with van der Waals surface area (Å²) in [6.07, 6.45) is 0. The quantitative estimate of drug-likeness (QED) is 0.437. The predicted molar refractivity (Wildman–Crippen MR) is 37.3 cm³/mol. The molecule has 2 amide bonds. The molecule has 0 unspecified atom stereocenters. The largest absolute Gasteiger partial charge is 0.395 e. The molecule has 0 aromatic rings. The van der Waals surface area contributed by atoms with Gasteiger partial charge in [0.2, 0.25) is 0 Å². The highest BCUT2D eigenvalue weighted by Crippen LogP contribution is 1.66. The minimum Gasteiger partial charge on any atom is -0.395 e.